The number of ether oxygens (including phenoxy) is 1. The van der Waals surface area contributed by atoms with Crippen molar-refractivity contribution in [1.82, 2.24) is 5.32 Å². The summed E-state index contributed by atoms with van der Waals surface area (Å²) in [6.45, 7) is 7.24. The molecule has 0 amide bonds. The highest BCUT2D eigenvalue weighted by Crippen LogP contribution is 2.15. The first-order chi connectivity index (χ1) is 9.49. The highest BCUT2D eigenvalue weighted by Gasteiger charge is 2.07. The fraction of sp³-hybridized carbons (Fsp3) is 0.562. The van der Waals surface area contributed by atoms with Crippen molar-refractivity contribution in [2.24, 2.45) is 5.92 Å². The Balaban J connectivity index is 2.39. The van der Waals surface area contributed by atoms with Gasteiger partial charge in [-0.1, -0.05) is 26.0 Å². The Kier molecular flexibility index (Phi) is 7.70. The SMILES string of the molecule is CC(S)NCCOc1cccc(CCC(=O)C(C)C)c1. The third-order valence-corrected chi connectivity index (χ3v) is 3.20. The van der Waals surface area contributed by atoms with Gasteiger partial charge in [-0.15, -0.1) is 0 Å². The molecule has 0 heterocycles. The van der Waals surface area contributed by atoms with Crippen molar-refractivity contribution < 1.29 is 9.53 Å². The summed E-state index contributed by atoms with van der Waals surface area (Å²) in [5.74, 6) is 1.28. The molecule has 1 unspecified atom stereocenters. The Morgan fingerprint density at radius 1 is 1.35 bits per heavy atom. The highest BCUT2D eigenvalue weighted by molar-refractivity contribution is 7.80. The normalized spacial score (nSPS) is 12.4. The summed E-state index contributed by atoms with van der Waals surface area (Å²) in [5.41, 5.74) is 1.15. The Labute approximate surface area is 127 Å². The predicted molar refractivity (Wildman–Crippen MR) is 86.6 cm³/mol. The maximum Gasteiger partial charge on any atom is 0.135 e. The molecule has 0 spiro atoms. The number of hydrogen-bond acceptors (Lipinski definition) is 4. The minimum atomic E-state index is 0.115. The number of ketones is 1. The number of carbonyl (C=O) groups is 1. The van der Waals surface area contributed by atoms with Crippen molar-refractivity contribution in [2.75, 3.05) is 13.2 Å². The molecule has 20 heavy (non-hydrogen) atoms. The number of thiol groups is 1. The van der Waals surface area contributed by atoms with E-state index in [4.69, 9.17) is 4.74 Å². The zero-order valence-corrected chi connectivity index (χ0v) is 13.5. The standard InChI is InChI=1S/C16H25NO2S/c1-12(2)16(18)8-7-14-5-4-6-15(11-14)19-10-9-17-13(3)20/h4-6,11-13,17,20H,7-10H2,1-3H3. The molecule has 0 aliphatic heterocycles. The molecule has 1 rings (SSSR count). The Bertz CT molecular complexity index is 419. The van der Waals surface area contributed by atoms with E-state index in [1.165, 1.54) is 0 Å². The van der Waals surface area contributed by atoms with E-state index >= 15 is 0 Å². The quantitative estimate of drug-likeness (QED) is 0.418. The minimum Gasteiger partial charge on any atom is -0.492 e. The van der Waals surface area contributed by atoms with Gasteiger partial charge < -0.3 is 10.1 Å². The van der Waals surface area contributed by atoms with Crippen molar-refractivity contribution in [1.29, 1.82) is 0 Å². The fourth-order valence-corrected chi connectivity index (χ4v) is 1.91. The van der Waals surface area contributed by atoms with E-state index in [-0.39, 0.29) is 11.3 Å². The van der Waals surface area contributed by atoms with Crippen molar-refractivity contribution in [3.63, 3.8) is 0 Å². The average Bonchev–Trinajstić information content (AvgIpc) is 2.41. The number of Topliss-reactive ketones (excluding diaryl/α,β-unsaturated/α-hetero) is 1. The van der Waals surface area contributed by atoms with E-state index in [9.17, 15) is 4.79 Å². The van der Waals surface area contributed by atoms with E-state index in [0.717, 1.165) is 24.3 Å². The number of carbonyl (C=O) groups excluding carboxylic acids is 1. The van der Waals surface area contributed by atoms with Gasteiger partial charge in [0.15, 0.2) is 0 Å². The second-order valence-corrected chi connectivity index (χ2v) is 6.02. The van der Waals surface area contributed by atoms with E-state index in [1.807, 2.05) is 45.0 Å². The second-order valence-electron chi connectivity index (χ2n) is 5.25. The van der Waals surface area contributed by atoms with E-state index in [1.54, 1.807) is 0 Å². The van der Waals surface area contributed by atoms with Crippen molar-refractivity contribution >= 4 is 18.4 Å². The largest absolute Gasteiger partial charge is 0.492 e. The molecule has 0 radical (unpaired) electrons. The average molecular weight is 295 g/mol. The lowest BCUT2D eigenvalue weighted by atomic mass is 10.0. The number of aryl methyl sites for hydroxylation is 1. The summed E-state index contributed by atoms with van der Waals surface area (Å²) in [4.78, 5) is 11.6. The monoisotopic (exact) mass is 295 g/mol. The first kappa shape index (κ1) is 17.1. The zero-order valence-electron chi connectivity index (χ0n) is 12.6. The van der Waals surface area contributed by atoms with Gasteiger partial charge in [0.25, 0.3) is 0 Å². The molecule has 3 nitrogen and oxygen atoms in total. The molecule has 0 aliphatic rings. The molecule has 0 saturated heterocycles. The van der Waals surface area contributed by atoms with Gasteiger partial charge in [0, 0.05) is 24.3 Å². The van der Waals surface area contributed by atoms with Gasteiger partial charge >= 0.3 is 0 Å². The van der Waals surface area contributed by atoms with Crippen LogP contribution in [0.1, 0.15) is 32.8 Å². The van der Waals surface area contributed by atoms with Gasteiger partial charge in [-0.05, 0) is 31.0 Å². The van der Waals surface area contributed by atoms with Crippen LogP contribution in [-0.4, -0.2) is 24.3 Å². The molecule has 0 fully saturated rings. The van der Waals surface area contributed by atoms with Gasteiger partial charge in [-0.25, -0.2) is 0 Å². The Hall–Kier alpha value is -1.00. The molecular formula is C16H25NO2S. The van der Waals surface area contributed by atoms with Crippen LogP contribution in [0.4, 0.5) is 0 Å². The van der Waals surface area contributed by atoms with E-state index < -0.39 is 0 Å². The van der Waals surface area contributed by atoms with Crippen molar-refractivity contribution in [2.45, 2.75) is 39.0 Å². The van der Waals surface area contributed by atoms with Crippen LogP contribution in [0.15, 0.2) is 24.3 Å². The molecular weight excluding hydrogens is 270 g/mol. The molecule has 0 aromatic heterocycles. The van der Waals surface area contributed by atoms with Gasteiger partial charge in [-0.2, -0.15) is 12.6 Å². The Morgan fingerprint density at radius 3 is 2.75 bits per heavy atom. The second kappa shape index (κ2) is 9.03. The number of rotatable bonds is 9. The smallest absolute Gasteiger partial charge is 0.135 e. The summed E-state index contributed by atoms with van der Waals surface area (Å²) in [6, 6.07) is 7.96. The van der Waals surface area contributed by atoms with Crippen LogP contribution in [0.2, 0.25) is 0 Å². The van der Waals surface area contributed by atoms with Crippen molar-refractivity contribution in [3.8, 4) is 5.75 Å². The molecule has 112 valence electrons. The van der Waals surface area contributed by atoms with Gasteiger partial charge in [0.2, 0.25) is 0 Å². The van der Waals surface area contributed by atoms with Crippen molar-refractivity contribution in [3.05, 3.63) is 29.8 Å². The van der Waals surface area contributed by atoms with Crippen LogP contribution in [0, 0.1) is 5.92 Å². The summed E-state index contributed by atoms with van der Waals surface area (Å²) >= 11 is 4.24. The molecule has 1 aromatic carbocycles. The molecule has 0 aliphatic carbocycles. The first-order valence-corrected chi connectivity index (χ1v) is 7.66. The summed E-state index contributed by atoms with van der Waals surface area (Å²) in [6.07, 6.45) is 1.37. The van der Waals surface area contributed by atoms with E-state index in [0.29, 0.717) is 18.8 Å². The van der Waals surface area contributed by atoms with Crippen LogP contribution in [-0.2, 0) is 11.2 Å². The third kappa shape index (κ3) is 6.96. The predicted octanol–water partition coefficient (Wildman–Crippen LogP) is 3.09. The number of benzene rings is 1. The summed E-state index contributed by atoms with van der Waals surface area (Å²) < 4.78 is 5.67. The van der Waals surface area contributed by atoms with Crippen LogP contribution in [0.5, 0.6) is 5.75 Å². The third-order valence-electron chi connectivity index (χ3n) is 3.01. The number of nitrogens with one attached hydrogen (secondary N) is 1. The van der Waals surface area contributed by atoms with Gasteiger partial charge in [-0.3, -0.25) is 4.79 Å². The number of hydrogen-bond donors (Lipinski definition) is 2. The zero-order chi connectivity index (χ0) is 15.0. The van der Waals surface area contributed by atoms with Gasteiger partial charge in [0.1, 0.15) is 18.1 Å². The van der Waals surface area contributed by atoms with E-state index in [2.05, 4.69) is 17.9 Å². The Morgan fingerprint density at radius 2 is 2.10 bits per heavy atom. The molecule has 1 N–H and O–H groups in total. The lowest BCUT2D eigenvalue weighted by molar-refractivity contribution is -0.121. The van der Waals surface area contributed by atoms with Crippen LogP contribution in [0.3, 0.4) is 0 Å². The lowest BCUT2D eigenvalue weighted by Gasteiger charge is -2.10. The van der Waals surface area contributed by atoms with Gasteiger partial charge in [0.05, 0.1) is 0 Å². The topological polar surface area (TPSA) is 38.3 Å². The lowest BCUT2D eigenvalue weighted by Crippen LogP contribution is -2.26. The van der Waals surface area contributed by atoms with Crippen LogP contribution < -0.4 is 10.1 Å². The van der Waals surface area contributed by atoms with Crippen LogP contribution >= 0.6 is 12.6 Å². The maximum absolute atomic E-state index is 11.6. The molecule has 0 bridgehead atoms. The van der Waals surface area contributed by atoms with Crippen LogP contribution in [0.25, 0.3) is 0 Å². The minimum absolute atomic E-state index is 0.115. The summed E-state index contributed by atoms with van der Waals surface area (Å²) in [5, 5.41) is 3.35. The molecule has 1 aromatic rings. The first-order valence-electron chi connectivity index (χ1n) is 7.15. The summed E-state index contributed by atoms with van der Waals surface area (Å²) in [7, 11) is 0. The molecule has 1 atom stereocenters. The maximum atomic E-state index is 11.6. The molecule has 4 heteroatoms. The molecule has 0 saturated carbocycles. The highest BCUT2D eigenvalue weighted by atomic mass is 32.1. The fourth-order valence-electron chi connectivity index (χ4n) is 1.78.